The van der Waals surface area contributed by atoms with E-state index in [0.717, 1.165) is 18.0 Å². The van der Waals surface area contributed by atoms with Gasteiger partial charge in [-0.2, -0.15) is 0 Å². The molecule has 3 nitrogen and oxygen atoms in total. The Hall–Kier alpha value is -1.16. The van der Waals surface area contributed by atoms with Crippen molar-refractivity contribution in [2.75, 3.05) is 17.2 Å². The van der Waals surface area contributed by atoms with E-state index >= 15 is 0 Å². The molecule has 0 aromatic heterocycles. The molecule has 1 saturated heterocycles. The molecule has 1 aliphatic rings. The number of hydrogen-bond acceptors (Lipinski definition) is 3. The van der Waals surface area contributed by atoms with E-state index in [1.54, 1.807) is 11.8 Å². The number of aryl methyl sites for hydroxylation is 1. The van der Waals surface area contributed by atoms with Crippen LogP contribution in [0.5, 0.6) is 0 Å². The van der Waals surface area contributed by atoms with Crippen LogP contribution in [-0.4, -0.2) is 23.6 Å². The number of rotatable bonds is 2. The van der Waals surface area contributed by atoms with Crippen molar-refractivity contribution in [2.24, 2.45) is 5.73 Å². The molecule has 0 saturated carbocycles. The summed E-state index contributed by atoms with van der Waals surface area (Å²) in [6, 6.07) is 8.08. The van der Waals surface area contributed by atoms with Gasteiger partial charge in [-0.3, -0.25) is 4.79 Å². The Balaban J connectivity index is 2.30. The number of primary amides is 1. The predicted octanol–water partition coefficient (Wildman–Crippen LogP) is 1.36. The van der Waals surface area contributed by atoms with Crippen molar-refractivity contribution in [3.05, 3.63) is 29.8 Å². The molecule has 0 spiro atoms. The van der Waals surface area contributed by atoms with Crippen molar-refractivity contribution in [1.82, 2.24) is 0 Å². The number of anilines is 1. The third-order valence-corrected chi connectivity index (χ3v) is 3.78. The summed E-state index contributed by atoms with van der Waals surface area (Å²) in [7, 11) is 0. The van der Waals surface area contributed by atoms with Crippen LogP contribution in [-0.2, 0) is 4.79 Å². The summed E-state index contributed by atoms with van der Waals surface area (Å²) in [5.74, 6) is 0.711. The highest BCUT2D eigenvalue weighted by molar-refractivity contribution is 8.01. The lowest BCUT2D eigenvalue weighted by Crippen LogP contribution is -2.39. The molecule has 1 atom stereocenters. The van der Waals surface area contributed by atoms with Crippen LogP contribution in [0.3, 0.4) is 0 Å². The Morgan fingerprint density at radius 1 is 1.53 bits per heavy atom. The maximum atomic E-state index is 11.3. The fraction of sp³-hybridized carbons (Fsp3) is 0.364. The first-order valence-electron chi connectivity index (χ1n) is 4.93. The molecule has 4 heteroatoms. The van der Waals surface area contributed by atoms with Crippen LogP contribution in [0.15, 0.2) is 24.3 Å². The lowest BCUT2D eigenvalue weighted by atomic mass is 10.2. The summed E-state index contributed by atoms with van der Waals surface area (Å²) in [6.45, 7) is 2.94. The lowest BCUT2D eigenvalue weighted by Gasteiger charge is -2.24. The second-order valence-electron chi connectivity index (χ2n) is 3.61. The van der Waals surface area contributed by atoms with Crippen molar-refractivity contribution in [1.29, 1.82) is 0 Å². The molecular weight excluding hydrogens is 208 g/mol. The molecular formula is C11H14N2OS. The SMILES string of the molecule is Cc1ccccc1N1CCS[C@H]1C(N)=O. The maximum Gasteiger partial charge on any atom is 0.250 e. The molecule has 1 heterocycles. The van der Waals surface area contributed by atoms with Gasteiger partial charge in [-0.15, -0.1) is 11.8 Å². The van der Waals surface area contributed by atoms with Crippen molar-refractivity contribution in [2.45, 2.75) is 12.3 Å². The van der Waals surface area contributed by atoms with Crippen LogP contribution in [0.4, 0.5) is 5.69 Å². The summed E-state index contributed by atoms with van der Waals surface area (Å²) in [4.78, 5) is 13.3. The zero-order chi connectivity index (χ0) is 10.8. The fourth-order valence-corrected chi connectivity index (χ4v) is 2.93. The van der Waals surface area contributed by atoms with Crippen LogP contribution < -0.4 is 10.6 Å². The topological polar surface area (TPSA) is 46.3 Å². The van der Waals surface area contributed by atoms with Crippen LogP contribution in [0, 0.1) is 6.92 Å². The number of nitrogens with two attached hydrogens (primary N) is 1. The summed E-state index contributed by atoms with van der Waals surface area (Å²) >= 11 is 1.61. The zero-order valence-corrected chi connectivity index (χ0v) is 9.46. The summed E-state index contributed by atoms with van der Waals surface area (Å²) in [5.41, 5.74) is 7.68. The van der Waals surface area contributed by atoms with Crippen molar-refractivity contribution < 1.29 is 4.79 Å². The van der Waals surface area contributed by atoms with Crippen molar-refractivity contribution >= 4 is 23.4 Å². The molecule has 0 bridgehead atoms. The maximum absolute atomic E-state index is 11.3. The number of para-hydroxylation sites is 1. The van der Waals surface area contributed by atoms with Gasteiger partial charge in [0.15, 0.2) is 5.37 Å². The van der Waals surface area contributed by atoms with E-state index in [9.17, 15) is 4.79 Å². The number of carbonyl (C=O) groups excluding carboxylic acids is 1. The molecule has 80 valence electrons. The first-order valence-corrected chi connectivity index (χ1v) is 5.98. The Morgan fingerprint density at radius 3 is 2.93 bits per heavy atom. The predicted molar refractivity (Wildman–Crippen MR) is 64.0 cm³/mol. The largest absolute Gasteiger partial charge is 0.367 e. The molecule has 1 fully saturated rings. The van der Waals surface area contributed by atoms with Crippen LogP contribution in [0.25, 0.3) is 0 Å². The number of hydrogen-bond donors (Lipinski definition) is 1. The van der Waals surface area contributed by atoms with Gasteiger partial charge in [0.2, 0.25) is 0 Å². The minimum Gasteiger partial charge on any atom is -0.367 e. The molecule has 2 N–H and O–H groups in total. The Kier molecular flexibility index (Phi) is 2.86. The highest BCUT2D eigenvalue weighted by Gasteiger charge is 2.30. The van der Waals surface area contributed by atoms with E-state index in [4.69, 9.17) is 5.73 Å². The van der Waals surface area contributed by atoms with Crippen LogP contribution in [0.1, 0.15) is 5.56 Å². The van der Waals surface area contributed by atoms with Gasteiger partial charge in [0.1, 0.15) is 0 Å². The molecule has 0 unspecified atom stereocenters. The third-order valence-electron chi connectivity index (χ3n) is 2.56. The third kappa shape index (κ3) is 1.95. The first kappa shape index (κ1) is 10.4. The van der Waals surface area contributed by atoms with E-state index < -0.39 is 0 Å². The Labute approximate surface area is 93.6 Å². The summed E-state index contributed by atoms with van der Waals surface area (Å²) in [6.07, 6.45) is 0. The fourth-order valence-electron chi connectivity index (χ4n) is 1.84. The van der Waals surface area contributed by atoms with Gasteiger partial charge in [-0.05, 0) is 18.6 Å². The summed E-state index contributed by atoms with van der Waals surface area (Å²) < 4.78 is 0. The van der Waals surface area contributed by atoms with Gasteiger partial charge in [-0.25, -0.2) is 0 Å². The van der Waals surface area contributed by atoms with Gasteiger partial charge in [0.25, 0.3) is 5.91 Å². The van der Waals surface area contributed by atoms with Gasteiger partial charge in [-0.1, -0.05) is 18.2 Å². The van der Waals surface area contributed by atoms with Crippen LogP contribution in [0.2, 0.25) is 0 Å². The molecule has 1 aliphatic heterocycles. The minimum absolute atomic E-state index is 0.203. The highest BCUT2D eigenvalue weighted by atomic mass is 32.2. The molecule has 0 radical (unpaired) electrons. The van der Waals surface area contributed by atoms with Gasteiger partial charge < -0.3 is 10.6 Å². The normalized spacial score (nSPS) is 20.6. The first-order chi connectivity index (χ1) is 7.20. The van der Waals surface area contributed by atoms with Gasteiger partial charge in [0, 0.05) is 18.0 Å². The smallest absolute Gasteiger partial charge is 0.250 e. The molecule has 0 aliphatic carbocycles. The second-order valence-corrected chi connectivity index (χ2v) is 4.79. The second kappa shape index (κ2) is 4.14. The average molecular weight is 222 g/mol. The number of nitrogens with zero attached hydrogens (tertiary/aromatic N) is 1. The van der Waals surface area contributed by atoms with E-state index in [2.05, 4.69) is 17.9 Å². The Bertz CT molecular complexity index is 381. The van der Waals surface area contributed by atoms with Crippen LogP contribution >= 0.6 is 11.8 Å². The van der Waals surface area contributed by atoms with Gasteiger partial charge in [0.05, 0.1) is 0 Å². The monoisotopic (exact) mass is 222 g/mol. The van der Waals surface area contributed by atoms with E-state index in [1.165, 1.54) is 5.56 Å². The lowest BCUT2D eigenvalue weighted by molar-refractivity contribution is -0.117. The molecule has 1 aromatic rings. The number of carbonyl (C=O) groups is 1. The summed E-state index contributed by atoms with van der Waals surface area (Å²) in [5, 5.41) is -0.203. The molecule has 15 heavy (non-hydrogen) atoms. The van der Waals surface area contributed by atoms with E-state index in [1.807, 2.05) is 18.2 Å². The van der Waals surface area contributed by atoms with Gasteiger partial charge >= 0.3 is 0 Å². The zero-order valence-electron chi connectivity index (χ0n) is 8.64. The highest BCUT2D eigenvalue weighted by Crippen LogP contribution is 2.31. The van der Waals surface area contributed by atoms with E-state index in [0.29, 0.717) is 0 Å². The average Bonchev–Trinajstić information content (AvgIpc) is 2.67. The number of thioether (sulfide) groups is 1. The quantitative estimate of drug-likeness (QED) is 0.822. The minimum atomic E-state index is -0.249. The molecule has 1 amide bonds. The van der Waals surface area contributed by atoms with Crippen molar-refractivity contribution in [3.63, 3.8) is 0 Å². The van der Waals surface area contributed by atoms with Crippen molar-refractivity contribution in [3.8, 4) is 0 Å². The molecule has 1 aromatic carbocycles. The standard InChI is InChI=1S/C11H14N2OS/c1-8-4-2-3-5-9(8)13-6-7-15-11(13)10(12)14/h2-5,11H,6-7H2,1H3,(H2,12,14)/t11-/m0/s1. The van der Waals surface area contributed by atoms with E-state index in [-0.39, 0.29) is 11.3 Å². The number of amides is 1. The Morgan fingerprint density at radius 2 is 2.27 bits per heavy atom. The molecule has 2 rings (SSSR count). The number of benzene rings is 1.